The molecule has 4 aromatic rings. The first-order valence-electron chi connectivity index (χ1n) is 16.8. The van der Waals surface area contributed by atoms with Gasteiger partial charge in [0, 0.05) is 19.0 Å². The first kappa shape index (κ1) is 36.4. The van der Waals surface area contributed by atoms with Crippen LogP contribution in [-0.2, 0) is 39.0 Å². The quantitative estimate of drug-likeness (QED) is 0.151. The summed E-state index contributed by atoms with van der Waals surface area (Å²) in [5.74, 6) is -0.793. The lowest BCUT2D eigenvalue weighted by atomic mass is 9.94. The summed E-state index contributed by atoms with van der Waals surface area (Å²) in [4.78, 5) is 30.7. The molecule has 0 saturated heterocycles. The maximum atomic E-state index is 14.8. The highest BCUT2D eigenvalue weighted by molar-refractivity contribution is 7.92. The van der Waals surface area contributed by atoms with Crippen molar-refractivity contribution in [2.75, 3.05) is 10.8 Å². The lowest BCUT2D eigenvalue weighted by Crippen LogP contribution is -2.55. The third kappa shape index (κ3) is 9.24. The predicted octanol–water partition coefficient (Wildman–Crippen LogP) is 8.15. The van der Waals surface area contributed by atoms with Crippen LogP contribution in [0.1, 0.15) is 61.3 Å². The molecule has 0 unspecified atom stereocenters. The van der Waals surface area contributed by atoms with Gasteiger partial charge in [0.15, 0.2) is 0 Å². The van der Waals surface area contributed by atoms with Crippen LogP contribution in [0.3, 0.4) is 0 Å². The third-order valence-corrected chi connectivity index (χ3v) is 11.6. The van der Waals surface area contributed by atoms with Gasteiger partial charge in [-0.05, 0) is 73.2 Å². The minimum absolute atomic E-state index is 0.0105. The number of nitrogens with zero attached hydrogens (tertiary/aromatic N) is 2. The Balaban J connectivity index is 1.59. The van der Waals surface area contributed by atoms with E-state index in [2.05, 4.69) is 5.32 Å². The van der Waals surface area contributed by atoms with Crippen molar-refractivity contribution in [3.63, 3.8) is 0 Å². The van der Waals surface area contributed by atoms with E-state index in [9.17, 15) is 18.0 Å². The fraction of sp³-hybridized carbons (Fsp3) is 0.333. The Labute approximate surface area is 300 Å². The van der Waals surface area contributed by atoms with Gasteiger partial charge in [0.25, 0.3) is 10.0 Å². The van der Waals surface area contributed by atoms with Crippen molar-refractivity contribution >= 4 is 50.7 Å². The number of anilines is 1. The summed E-state index contributed by atoms with van der Waals surface area (Å²) in [5, 5.41) is 3.92. The highest BCUT2D eigenvalue weighted by Crippen LogP contribution is 2.30. The van der Waals surface area contributed by atoms with Gasteiger partial charge in [0.2, 0.25) is 11.8 Å². The van der Waals surface area contributed by atoms with Crippen molar-refractivity contribution in [2.24, 2.45) is 0 Å². The maximum absolute atomic E-state index is 14.8. The number of rotatable bonds is 13. The van der Waals surface area contributed by atoms with Gasteiger partial charge < -0.3 is 10.2 Å². The number of sulfonamides is 1. The Kier molecular flexibility index (Phi) is 12.4. The first-order chi connectivity index (χ1) is 23.6. The average Bonchev–Trinajstić information content (AvgIpc) is 3.11. The summed E-state index contributed by atoms with van der Waals surface area (Å²) in [6.07, 6.45) is 5.74. The molecule has 1 atom stereocenters. The molecular formula is C39H43Cl2N3O4S. The molecule has 1 aliphatic rings. The zero-order chi connectivity index (χ0) is 35.0. The molecule has 2 amide bonds. The van der Waals surface area contributed by atoms with E-state index in [1.165, 1.54) is 9.21 Å². The Morgan fingerprint density at radius 3 is 2.18 bits per heavy atom. The van der Waals surface area contributed by atoms with Crippen LogP contribution in [0.15, 0.2) is 102 Å². The van der Waals surface area contributed by atoms with Crippen molar-refractivity contribution in [1.82, 2.24) is 10.2 Å². The summed E-state index contributed by atoms with van der Waals surface area (Å²) in [6.45, 7) is 3.32. The predicted molar refractivity (Wildman–Crippen MR) is 197 cm³/mol. The topological polar surface area (TPSA) is 86.8 Å². The van der Waals surface area contributed by atoms with Gasteiger partial charge in [-0.3, -0.25) is 13.9 Å². The smallest absolute Gasteiger partial charge is 0.264 e. The van der Waals surface area contributed by atoms with E-state index in [1.54, 1.807) is 54.6 Å². The summed E-state index contributed by atoms with van der Waals surface area (Å²) >= 11 is 12.7. The molecule has 258 valence electrons. The van der Waals surface area contributed by atoms with E-state index in [-0.39, 0.29) is 29.8 Å². The van der Waals surface area contributed by atoms with Crippen molar-refractivity contribution in [2.45, 2.75) is 82.3 Å². The van der Waals surface area contributed by atoms with Crippen molar-refractivity contribution in [3.8, 4) is 0 Å². The van der Waals surface area contributed by atoms with Crippen LogP contribution in [0.2, 0.25) is 10.0 Å². The Morgan fingerprint density at radius 1 is 0.837 bits per heavy atom. The normalized spacial score (nSPS) is 14.2. The van der Waals surface area contributed by atoms with E-state index < -0.39 is 28.5 Å². The van der Waals surface area contributed by atoms with E-state index in [1.807, 2.05) is 56.3 Å². The zero-order valence-corrected chi connectivity index (χ0v) is 30.3. The van der Waals surface area contributed by atoms with Crippen LogP contribution in [0.25, 0.3) is 0 Å². The summed E-state index contributed by atoms with van der Waals surface area (Å²) in [6, 6.07) is 27.5. The molecule has 0 aromatic heterocycles. The van der Waals surface area contributed by atoms with Gasteiger partial charge in [-0.2, -0.15) is 0 Å². The molecule has 10 heteroatoms. The molecule has 0 spiro atoms. The molecule has 1 aliphatic carbocycles. The van der Waals surface area contributed by atoms with Crippen molar-refractivity contribution < 1.29 is 18.0 Å². The number of carbonyl (C=O) groups excluding carboxylic acids is 2. The lowest BCUT2D eigenvalue weighted by molar-refractivity contribution is -0.140. The minimum atomic E-state index is -4.20. The molecule has 4 aromatic carbocycles. The van der Waals surface area contributed by atoms with Crippen LogP contribution in [-0.4, -0.2) is 43.8 Å². The van der Waals surface area contributed by atoms with Gasteiger partial charge in [-0.25, -0.2) is 8.42 Å². The summed E-state index contributed by atoms with van der Waals surface area (Å²) in [7, 11) is -4.20. The molecule has 7 nitrogen and oxygen atoms in total. The maximum Gasteiger partial charge on any atom is 0.264 e. The van der Waals surface area contributed by atoms with Crippen LogP contribution in [0, 0.1) is 6.92 Å². The van der Waals surface area contributed by atoms with E-state index in [4.69, 9.17) is 23.2 Å². The van der Waals surface area contributed by atoms with E-state index >= 15 is 0 Å². The molecule has 0 aliphatic heterocycles. The number of aryl methyl sites for hydroxylation is 2. The molecule has 1 fully saturated rings. The molecule has 0 radical (unpaired) electrons. The van der Waals surface area contributed by atoms with Gasteiger partial charge in [-0.15, -0.1) is 0 Å². The van der Waals surface area contributed by atoms with Crippen LogP contribution < -0.4 is 9.62 Å². The Bertz CT molecular complexity index is 1850. The number of halogens is 2. The monoisotopic (exact) mass is 719 g/mol. The fourth-order valence-electron chi connectivity index (χ4n) is 6.34. The summed E-state index contributed by atoms with van der Waals surface area (Å²) < 4.78 is 30.0. The van der Waals surface area contributed by atoms with Crippen LogP contribution in [0.4, 0.5) is 5.69 Å². The second-order valence-electron chi connectivity index (χ2n) is 12.6. The molecule has 0 heterocycles. The average molecular weight is 721 g/mol. The van der Waals surface area contributed by atoms with Gasteiger partial charge in [0.05, 0.1) is 20.6 Å². The first-order valence-corrected chi connectivity index (χ1v) is 19.0. The molecule has 1 saturated carbocycles. The van der Waals surface area contributed by atoms with Crippen molar-refractivity contribution in [1.29, 1.82) is 0 Å². The second kappa shape index (κ2) is 16.7. The van der Waals surface area contributed by atoms with Gasteiger partial charge in [0.1, 0.15) is 12.6 Å². The van der Waals surface area contributed by atoms with Gasteiger partial charge in [-0.1, -0.05) is 122 Å². The lowest BCUT2D eigenvalue weighted by Gasteiger charge is -2.35. The molecule has 5 rings (SSSR count). The fourth-order valence-corrected chi connectivity index (χ4v) is 8.11. The SMILES string of the molecule is CCc1ccccc1N(CC(=O)N(Cc1ccc(Cl)c(Cl)c1)[C@H](Cc1ccccc1)C(=O)NC1CCCCC1)S(=O)(=O)c1ccc(C)cc1. The van der Waals surface area contributed by atoms with Crippen LogP contribution in [0.5, 0.6) is 0 Å². The van der Waals surface area contributed by atoms with Crippen LogP contribution >= 0.6 is 23.2 Å². The summed E-state index contributed by atoms with van der Waals surface area (Å²) in [5.41, 5.74) is 3.64. The largest absolute Gasteiger partial charge is 0.352 e. The second-order valence-corrected chi connectivity index (χ2v) is 15.3. The van der Waals surface area contributed by atoms with Gasteiger partial charge >= 0.3 is 0 Å². The molecular weight excluding hydrogens is 677 g/mol. The number of benzene rings is 4. The van der Waals surface area contributed by atoms with E-state index in [0.717, 1.165) is 48.8 Å². The molecule has 0 bridgehead atoms. The Morgan fingerprint density at radius 2 is 1.51 bits per heavy atom. The number of para-hydroxylation sites is 1. The Hall–Kier alpha value is -3.85. The number of nitrogens with one attached hydrogen (secondary N) is 1. The third-order valence-electron chi connectivity index (χ3n) is 9.09. The number of hydrogen-bond acceptors (Lipinski definition) is 4. The van der Waals surface area contributed by atoms with Crippen molar-refractivity contribution in [3.05, 3.63) is 129 Å². The highest BCUT2D eigenvalue weighted by atomic mass is 35.5. The number of hydrogen-bond donors (Lipinski definition) is 1. The number of amides is 2. The molecule has 1 N–H and O–H groups in total. The van der Waals surface area contributed by atoms with E-state index in [0.29, 0.717) is 27.7 Å². The minimum Gasteiger partial charge on any atom is -0.352 e. The molecule has 49 heavy (non-hydrogen) atoms. The standard InChI is InChI=1S/C39H43Cl2N3O4S/c1-3-31-14-10-11-17-36(31)44(49(47,48)33-21-18-28(2)19-22-33)27-38(45)43(26-30-20-23-34(40)35(41)24-30)37(25-29-12-6-4-7-13-29)39(46)42-32-15-8-5-9-16-32/h4,6-7,10-14,17-24,32,37H,3,5,8-9,15-16,25-27H2,1-2H3,(H,42,46)/t37-/m1/s1. The highest BCUT2D eigenvalue weighted by Gasteiger charge is 2.36. The number of carbonyl (C=O) groups is 2. The zero-order valence-electron chi connectivity index (χ0n) is 27.9.